The van der Waals surface area contributed by atoms with Crippen LogP contribution in [0.15, 0.2) is 36.4 Å². The summed E-state index contributed by atoms with van der Waals surface area (Å²) in [6.45, 7) is 3.62. The molecule has 0 atom stereocenters. The van der Waals surface area contributed by atoms with Crippen LogP contribution < -0.4 is 19.3 Å². The molecule has 1 aromatic heterocycles. The van der Waals surface area contributed by atoms with Gasteiger partial charge in [0.05, 0.1) is 24.9 Å². The molecule has 7 heteroatoms. The zero-order valence-corrected chi connectivity index (χ0v) is 16.3. The number of ether oxygens (including phenoxy) is 2. The van der Waals surface area contributed by atoms with Gasteiger partial charge in [0, 0.05) is 26.2 Å². The fourth-order valence-corrected chi connectivity index (χ4v) is 4.64. The topological polar surface area (TPSA) is 37.8 Å². The second-order valence-corrected chi connectivity index (χ2v) is 7.45. The van der Waals surface area contributed by atoms with Gasteiger partial charge >= 0.3 is 0 Å². The summed E-state index contributed by atoms with van der Waals surface area (Å²) < 4.78 is 12.0. The lowest BCUT2D eigenvalue weighted by Crippen LogP contribution is -2.46. The van der Waals surface area contributed by atoms with E-state index in [2.05, 4.69) is 15.9 Å². The van der Waals surface area contributed by atoms with E-state index in [-0.39, 0.29) is 0 Å². The van der Waals surface area contributed by atoms with E-state index in [0.717, 1.165) is 63.7 Å². The van der Waals surface area contributed by atoms with E-state index in [4.69, 9.17) is 26.1 Å². The van der Waals surface area contributed by atoms with E-state index in [1.54, 1.807) is 25.6 Å². The molecular weight excluding hydrogens is 370 g/mol. The van der Waals surface area contributed by atoms with Gasteiger partial charge in [-0.3, -0.25) is 0 Å². The third-order valence-corrected chi connectivity index (χ3v) is 6.09. The summed E-state index contributed by atoms with van der Waals surface area (Å²) in [5.74, 6) is 1.61. The van der Waals surface area contributed by atoms with Gasteiger partial charge in [0.15, 0.2) is 5.13 Å². The van der Waals surface area contributed by atoms with Crippen LogP contribution in [0, 0.1) is 0 Å². The van der Waals surface area contributed by atoms with Gasteiger partial charge in [-0.05, 0) is 24.3 Å². The number of piperazine rings is 1. The fourth-order valence-electron chi connectivity index (χ4n) is 3.26. The molecular formula is C19H20ClN3O2S. The third kappa shape index (κ3) is 3.04. The molecule has 0 aliphatic carbocycles. The smallest absolute Gasteiger partial charge is 0.186 e. The molecule has 4 rings (SSSR count). The summed E-state index contributed by atoms with van der Waals surface area (Å²) in [4.78, 5) is 9.47. The van der Waals surface area contributed by atoms with Crippen molar-refractivity contribution in [1.82, 2.24) is 4.98 Å². The van der Waals surface area contributed by atoms with E-state index in [1.165, 1.54) is 0 Å². The summed E-state index contributed by atoms with van der Waals surface area (Å²) in [6.07, 6.45) is 0. The van der Waals surface area contributed by atoms with Gasteiger partial charge in [-0.15, -0.1) is 0 Å². The lowest BCUT2D eigenvalue weighted by molar-refractivity contribution is 0.410. The number of hydrogen-bond donors (Lipinski definition) is 0. The first-order valence-electron chi connectivity index (χ1n) is 8.47. The molecule has 1 aliphatic heterocycles. The molecule has 136 valence electrons. The maximum atomic E-state index is 6.34. The zero-order valence-electron chi connectivity index (χ0n) is 14.7. The minimum atomic E-state index is 0.776. The molecule has 0 spiro atoms. The summed E-state index contributed by atoms with van der Waals surface area (Å²) in [6, 6.07) is 11.8. The van der Waals surface area contributed by atoms with Crippen LogP contribution in [0.2, 0.25) is 5.02 Å². The normalized spacial score (nSPS) is 14.7. The first-order valence-corrected chi connectivity index (χ1v) is 9.66. The molecule has 0 saturated carbocycles. The molecule has 0 unspecified atom stereocenters. The number of aromatic nitrogens is 1. The van der Waals surface area contributed by atoms with Gasteiger partial charge in [0.2, 0.25) is 0 Å². The second kappa shape index (κ2) is 7.21. The Bertz CT molecular complexity index is 881. The van der Waals surface area contributed by atoms with Gasteiger partial charge in [-0.25, -0.2) is 4.98 Å². The molecule has 26 heavy (non-hydrogen) atoms. The van der Waals surface area contributed by atoms with Crippen molar-refractivity contribution in [3.05, 3.63) is 41.4 Å². The highest BCUT2D eigenvalue weighted by atomic mass is 35.5. The van der Waals surface area contributed by atoms with Crippen molar-refractivity contribution >= 4 is 44.0 Å². The average molecular weight is 390 g/mol. The lowest BCUT2D eigenvalue weighted by Gasteiger charge is -2.36. The number of para-hydroxylation sites is 1. The Labute approximate surface area is 161 Å². The summed E-state index contributed by atoms with van der Waals surface area (Å²) in [7, 11) is 3.35. The van der Waals surface area contributed by atoms with E-state index in [0.29, 0.717) is 0 Å². The Hall–Kier alpha value is -2.18. The Kier molecular flexibility index (Phi) is 4.78. The molecule has 2 aromatic carbocycles. The number of hydrogen-bond acceptors (Lipinski definition) is 6. The predicted octanol–water partition coefficient (Wildman–Crippen LogP) is 4.29. The number of methoxy groups -OCH3 is 2. The Balaban J connectivity index is 1.57. The predicted molar refractivity (Wildman–Crippen MR) is 109 cm³/mol. The number of rotatable bonds is 4. The maximum absolute atomic E-state index is 6.34. The highest BCUT2D eigenvalue weighted by molar-refractivity contribution is 7.22. The van der Waals surface area contributed by atoms with Crippen LogP contribution in [0.4, 0.5) is 10.8 Å². The Morgan fingerprint density at radius 3 is 2.27 bits per heavy atom. The first kappa shape index (κ1) is 17.2. The van der Waals surface area contributed by atoms with Crippen molar-refractivity contribution in [3.8, 4) is 11.5 Å². The Morgan fingerprint density at radius 2 is 1.58 bits per heavy atom. The van der Waals surface area contributed by atoms with E-state index < -0.39 is 0 Å². The van der Waals surface area contributed by atoms with Crippen LogP contribution in [-0.4, -0.2) is 45.4 Å². The van der Waals surface area contributed by atoms with E-state index in [9.17, 15) is 0 Å². The zero-order chi connectivity index (χ0) is 18.1. The molecule has 0 amide bonds. The van der Waals surface area contributed by atoms with Crippen LogP contribution in [-0.2, 0) is 0 Å². The monoisotopic (exact) mass is 389 g/mol. The molecule has 5 nitrogen and oxygen atoms in total. The number of fused-ring (bicyclic) bond motifs is 1. The summed E-state index contributed by atoms with van der Waals surface area (Å²) in [5.41, 5.74) is 1.96. The van der Waals surface area contributed by atoms with Crippen molar-refractivity contribution in [2.75, 3.05) is 50.2 Å². The van der Waals surface area contributed by atoms with E-state index >= 15 is 0 Å². The number of thiazole rings is 1. The number of halogens is 1. The van der Waals surface area contributed by atoms with Crippen molar-refractivity contribution in [2.24, 2.45) is 0 Å². The van der Waals surface area contributed by atoms with Crippen LogP contribution in [0.25, 0.3) is 10.2 Å². The number of anilines is 2. The minimum absolute atomic E-state index is 0.776. The molecule has 1 fully saturated rings. The minimum Gasteiger partial charge on any atom is -0.495 e. The Morgan fingerprint density at radius 1 is 0.923 bits per heavy atom. The fraction of sp³-hybridized carbons (Fsp3) is 0.316. The van der Waals surface area contributed by atoms with Crippen molar-refractivity contribution < 1.29 is 9.47 Å². The number of nitrogens with zero attached hydrogens (tertiary/aromatic N) is 3. The molecule has 1 saturated heterocycles. The van der Waals surface area contributed by atoms with Gasteiger partial charge in [0.25, 0.3) is 0 Å². The average Bonchev–Trinajstić information content (AvgIpc) is 3.13. The quantitative estimate of drug-likeness (QED) is 0.665. The summed E-state index contributed by atoms with van der Waals surface area (Å²) >= 11 is 7.99. The standard InChI is InChI=1S/C19H20ClN3O2S/c1-24-15-7-8-16(25-2)18-17(15)21-19(26-18)23-11-9-22(10-12-23)14-6-4-3-5-13(14)20/h3-8H,9-12H2,1-2H3. The molecule has 2 heterocycles. The highest BCUT2D eigenvalue weighted by Crippen LogP contribution is 2.40. The second-order valence-electron chi connectivity index (χ2n) is 6.07. The first-order chi connectivity index (χ1) is 12.7. The van der Waals surface area contributed by atoms with Crippen LogP contribution >= 0.6 is 22.9 Å². The molecule has 0 N–H and O–H groups in total. The molecule has 3 aromatic rings. The van der Waals surface area contributed by atoms with Crippen molar-refractivity contribution in [1.29, 1.82) is 0 Å². The van der Waals surface area contributed by atoms with Crippen LogP contribution in [0.1, 0.15) is 0 Å². The van der Waals surface area contributed by atoms with Crippen LogP contribution in [0.5, 0.6) is 11.5 Å². The van der Waals surface area contributed by atoms with Gasteiger partial charge in [0.1, 0.15) is 21.7 Å². The number of benzene rings is 2. The van der Waals surface area contributed by atoms with Gasteiger partial charge < -0.3 is 19.3 Å². The van der Waals surface area contributed by atoms with Crippen molar-refractivity contribution in [2.45, 2.75) is 0 Å². The van der Waals surface area contributed by atoms with Crippen molar-refractivity contribution in [3.63, 3.8) is 0 Å². The third-order valence-electron chi connectivity index (χ3n) is 4.64. The summed E-state index contributed by atoms with van der Waals surface area (Å²) in [5, 5.41) is 1.80. The maximum Gasteiger partial charge on any atom is 0.186 e. The molecule has 0 bridgehead atoms. The highest BCUT2D eigenvalue weighted by Gasteiger charge is 2.23. The van der Waals surface area contributed by atoms with Gasteiger partial charge in [-0.2, -0.15) is 0 Å². The van der Waals surface area contributed by atoms with E-state index in [1.807, 2.05) is 30.3 Å². The molecule has 1 aliphatic rings. The largest absolute Gasteiger partial charge is 0.495 e. The SMILES string of the molecule is COc1ccc(OC)c2sc(N3CCN(c4ccccc4Cl)CC3)nc12. The molecule has 0 radical (unpaired) electrons. The van der Waals surface area contributed by atoms with Gasteiger partial charge in [-0.1, -0.05) is 35.1 Å². The van der Waals surface area contributed by atoms with Crippen LogP contribution in [0.3, 0.4) is 0 Å². The lowest BCUT2D eigenvalue weighted by atomic mass is 10.2.